The second-order valence-electron chi connectivity index (χ2n) is 6.21. The minimum absolute atomic E-state index is 0.0982. The van der Waals surface area contributed by atoms with Crippen molar-refractivity contribution in [1.29, 1.82) is 0 Å². The Labute approximate surface area is 182 Å². The summed E-state index contributed by atoms with van der Waals surface area (Å²) in [6.07, 6.45) is 7.92. The molecular weight excluding hydrogens is 544 g/mol. The van der Waals surface area contributed by atoms with Gasteiger partial charge in [0.15, 0.2) is 0 Å². The molecule has 0 aliphatic rings. The highest BCUT2D eigenvalue weighted by molar-refractivity contribution is 14.1. The van der Waals surface area contributed by atoms with E-state index in [1.54, 1.807) is 0 Å². The van der Waals surface area contributed by atoms with Crippen molar-refractivity contribution in [2.75, 3.05) is 30.8 Å². The van der Waals surface area contributed by atoms with Crippen LogP contribution in [0, 0.1) is 0 Å². The van der Waals surface area contributed by atoms with Gasteiger partial charge in [0.1, 0.15) is 0 Å². The van der Waals surface area contributed by atoms with Gasteiger partial charge in [-0.15, -0.1) is 0 Å². The summed E-state index contributed by atoms with van der Waals surface area (Å²) in [5, 5.41) is 1.89. The van der Waals surface area contributed by atoms with Gasteiger partial charge in [-0.2, -0.15) is 0 Å². The van der Waals surface area contributed by atoms with Gasteiger partial charge in [-0.05, 0) is 41.9 Å². The molecule has 2 atom stereocenters. The first kappa shape index (κ1) is 25.9. The van der Waals surface area contributed by atoms with Gasteiger partial charge in [0.05, 0.1) is 29.1 Å². The fourth-order valence-electron chi connectivity index (χ4n) is 2.18. The van der Waals surface area contributed by atoms with Crippen LogP contribution in [-0.2, 0) is 14.3 Å². The highest BCUT2D eigenvalue weighted by atomic mass is 127. The van der Waals surface area contributed by atoms with Gasteiger partial charge in [0.25, 0.3) is 0 Å². The molecule has 0 N–H and O–H groups in total. The van der Waals surface area contributed by atoms with E-state index in [2.05, 4.69) is 72.5 Å². The molecule has 6 heteroatoms. The lowest BCUT2D eigenvalue weighted by Crippen LogP contribution is -2.36. The maximum Gasteiger partial charge on any atom is 0.0945 e. The minimum Gasteiger partial charge on any atom is -0.377 e. The van der Waals surface area contributed by atoms with E-state index in [0.717, 1.165) is 72.9 Å². The van der Waals surface area contributed by atoms with Crippen LogP contribution in [0.3, 0.4) is 0 Å². The number of alkyl halides is 1. The Morgan fingerprint density at radius 3 is 1.92 bits per heavy atom. The average molecular weight is 581 g/mol. The van der Waals surface area contributed by atoms with Gasteiger partial charge in [-0.3, -0.25) is 4.84 Å². The van der Waals surface area contributed by atoms with Crippen LogP contribution in [0.5, 0.6) is 0 Å². The van der Waals surface area contributed by atoms with Crippen LogP contribution < -0.4 is 0 Å². The number of nitrogens with zero attached hydrogens (tertiary/aromatic N) is 1. The molecule has 0 unspecified atom stereocenters. The van der Waals surface area contributed by atoms with Crippen molar-refractivity contribution in [3.63, 3.8) is 0 Å². The molecule has 0 saturated heterocycles. The molecule has 0 radical (unpaired) electrons. The van der Waals surface area contributed by atoms with Gasteiger partial charge >= 0.3 is 0 Å². The molecule has 0 aromatic rings. The van der Waals surface area contributed by atoms with Gasteiger partial charge in [-0.1, -0.05) is 69.2 Å². The van der Waals surface area contributed by atoms with Crippen LogP contribution in [-0.4, -0.2) is 48.1 Å². The Hall–Kier alpha value is 0.880. The lowest BCUT2D eigenvalue weighted by molar-refractivity contribution is -0.150. The standard InChI is InChI=1S/C19H37I2NO3/c1-5-8-11-23-18(15-20)14-19(24-12-9-6-2)16-22(17(4)21)25-13-10-7-3/h18-19H,4-16H2,1-3H3/t18-,19+/m0/s1. The molecule has 150 valence electrons. The number of hydroxylamine groups is 2. The van der Waals surface area contributed by atoms with E-state index < -0.39 is 0 Å². The van der Waals surface area contributed by atoms with E-state index in [9.17, 15) is 0 Å². The SMILES string of the molecule is C=C(I)N(C[C@@H](C[C@@H](CI)OCCCC)OCCCC)OCCCC. The van der Waals surface area contributed by atoms with Crippen molar-refractivity contribution in [1.82, 2.24) is 5.06 Å². The zero-order valence-electron chi connectivity index (χ0n) is 16.3. The molecule has 0 aliphatic heterocycles. The first-order valence-electron chi connectivity index (χ1n) is 9.62. The van der Waals surface area contributed by atoms with Gasteiger partial charge in [0.2, 0.25) is 0 Å². The fraction of sp³-hybridized carbons (Fsp3) is 0.895. The molecular formula is C19H37I2NO3. The topological polar surface area (TPSA) is 30.9 Å². The molecule has 0 rings (SSSR count). The van der Waals surface area contributed by atoms with Gasteiger partial charge in [-0.25, -0.2) is 5.06 Å². The zero-order valence-corrected chi connectivity index (χ0v) is 20.6. The van der Waals surface area contributed by atoms with Crippen molar-refractivity contribution < 1.29 is 14.3 Å². The van der Waals surface area contributed by atoms with E-state index in [1.807, 2.05) is 5.06 Å². The smallest absolute Gasteiger partial charge is 0.0945 e. The first-order valence-corrected chi connectivity index (χ1v) is 12.2. The van der Waals surface area contributed by atoms with Crippen molar-refractivity contribution in [2.24, 2.45) is 0 Å². The largest absolute Gasteiger partial charge is 0.377 e. The number of halogens is 2. The van der Waals surface area contributed by atoms with Crippen LogP contribution in [0.4, 0.5) is 0 Å². The van der Waals surface area contributed by atoms with Crippen molar-refractivity contribution in [3.8, 4) is 0 Å². The Kier molecular flexibility index (Phi) is 18.9. The maximum absolute atomic E-state index is 6.16. The summed E-state index contributed by atoms with van der Waals surface area (Å²) in [5.41, 5.74) is 0. The van der Waals surface area contributed by atoms with Crippen LogP contribution >= 0.6 is 45.2 Å². The summed E-state index contributed by atoms with van der Waals surface area (Å²) in [6.45, 7) is 13.6. The Balaban J connectivity index is 4.65. The second kappa shape index (κ2) is 18.3. The molecule has 0 aromatic carbocycles. The Morgan fingerprint density at radius 1 is 0.920 bits per heavy atom. The summed E-state index contributed by atoms with van der Waals surface area (Å²) in [5.74, 6) is 0. The monoisotopic (exact) mass is 581 g/mol. The van der Waals surface area contributed by atoms with E-state index in [1.165, 1.54) is 0 Å². The molecule has 0 aliphatic carbocycles. The number of rotatable bonds is 18. The molecule has 4 nitrogen and oxygen atoms in total. The predicted octanol–water partition coefficient (Wildman–Crippen LogP) is 6.12. The summed E-state index contributed by atoms with van der Waals surface area (Å²) in [6, 6.07) is 0. The highest BCUT2D eigenvalue weighted by Crippen LogP contribution is 2.18. The average Bonchev–Trinajstić information content (AvgIpc) is 2.59. The molecule has 0 amide bonds. The Morgan fingerprint density at radius 2 is 1.44 bits per heavy atom. The summed E-state index contributed by atoms with van der Waals surface area (Å²) >= 11 is 4.63. The fourth-order valence-corrected chi connectivity index (χ4v) is 3.13. The lowest BCUT2D eigenvalue weighted by atomic mass is 10.1. The van der Waals surface area contributed by atoms with Gasteiger partial charge in [0, 0.05) is 24.1 Å². The molecule has 0 aromatic heterocycles. The first-order chi connectivity index (χ1) is 12.1. The van der Waals surface area contributed by atoms with Crippen molar-refractivity contribution in [2.45, 2.75) is 77.9 Å². The van der Waals surface area contributed by atoms with Crippen molar-refractivity contribution in [3.05, 3.63) is 10.3 Å². The third-order valence-electron chi connectivity index (χ3n) is 3.79. The maximum atomic E-state index is 6.16. The zero-order chi connectivity index (χ0) is 18.9. The van der Waals surface area contributed by atoms with E-state index in [0.29, 0.717) is 6.54 Å². The second-order valence-corrected chi connectivity index (χ2v) is 8.33. The molecule has 25 heavy (non-hydrogen) atoms. The minimum atomic E-state index is 0.0982. The summed E-state index contributed by atoms with van der Waals surface area (Å²) in [7, 11) is 0. The predicted molar refractivity (Wildman–Crippen MR) is 124 cm³/mol. The molecule has 0 saturated carbocycles. The van der Waals surface area contributed by atoms with E-state index in [-0.39, 0.29) is 12.2 Å². The van der Waals surface area contributed by atoms with E-state index >= 15 is 0 Å². The highest BCUT2D eigenvalue weighted by Gasteiger charge is 2.21. The molecule has 0 spiro atoms. The molecule has 0 bridgehead atoms. The van der Waals surface area contributed by atoms with Crippen LogP contribution in [0.1, 0.15) is 65.7 Å². The van der Waals surface area contributed by atoms with Gasteiger partial charge < -0.3 is 9.47 Å². The van der Waals surface area contributed by atoms with E-state index in [4.69, 9.17) is 14.3 Å². The third-order valence-corrected chi connectivity index (χ3v) is 5.31. The number of hydrogen-bond acceptors (Lipinski definition) is 4. The van der Waals surface area contributed by atoms with Crippen molar-refractivity contribution >= 4 is 45.2 Å². The third kappa shape index (κ3) is 14.6. The molecule has 0 heterocycles. The lowest BCUT2D eigenvalue weighted by Gasteiger charge is -2.29. The Bertz CT molecular complexity index is 319. The van der Waals surface area contributed by atoms with Crippen LogP contribution in [0.15, 0.2) is 10.3 Å². The number of hydrogen-bond donors (Lipinski definition) is 0. The summed E-state index contributed by atoms with van der Waals surface area (Å²) in [4.78, 5) is 5.90. The quantitative estimate of drug-likeness (QED) is 0.0642. The molecule has 0 fully saturated rings. The number of unbranched alkanes of at least 4 members (excludes halogenated alkanes) is 3. The number of ether oxygens (including phenoxy) is 2. The van der Waals surface area contributed by atoms with Crippen LogP contribution in [0.25, 0.3) is 0 Å². The van der Waals surface area contributed by atoms with Crippen LogP contribution in [0.2, 0.25) is 0 Å². The normalized spacial score (nSPS) is 13.6. The summed E-state index contributed by atoms with van der Waals surface area (Å²) < 4.78 is 14.1.